The van der Waals surface area contributed by atoms with Gasteiger partial charge in [0.25, 0.3) is 5.91 Å². The summed E-state index contributed by atoms with van der Waals surface area (Å²) in [6.45, 7) is 3.88. The first-order chi connectivity index (χ1) is 14.7. The van der Waals surface area contributed by atoms with Crippen molar-refractivity contribution in [3.8, 4) is 11.5 Å². The van der Waals surface area contributed by atoms with E-state index in [4.69, 9.17) is 9.47 Å². The molecule has 31 heavy (non-hydrogen) atoms. The Morgan fingerprint density at radius 3 is 2.32 bits per heavy atom. The fraction of sp³-hybridized carbons (Fsp3) is 0.292. The van der Waals surface area contributed by atoms with Crippen LogP contribution in [0.5, 0.6) is 11.5 Å². The number of methoxy groups -OCH3 is 2. The molecule has 0 atom stereocenters. The van der Waals surface area contributed by atoms with E-state index in [-0.39, 0.29) is 35.8 Å². The van der Waals surface area contributed by atoms with Crippen molar-refractivity contribution >= 4 is 23.2 Å². The number of aliphatic hydroxyl groups excluding tert-OH is 1. The van der Waals surface area contributed by atoms with E-state index in [1.54, 1.807) is 36.4 Å². The van der Waals surface area contributed by atoms with Crippen LogP contribution in [0.1, 0.15) is 46.5 Å². The maximum absolute atomic E-state index is 12.7. The quantitative estimate of drug-likeness (QED) is 0.660. The number of hydrogen-bond donors (Lipinski definition) is 2. The largest absolute Gasteiger partial charge is 0.507 e. The van der Waals surface area contributed by atoms with Crippen molar-refractivity contribution in [1.82, 2.24) is 5.32 Å². The van der Waals surface area contributed by atoms with E-state index < -0.39 is 17.0 Å². The second-order valence-electron chi connectivity index (χ2n) is 8.12. The van der Waals surface area contributed by atoms with Gasteiger partial charge in [-0.05, 0) is 30.0 Å². The number of rotatable bonds is 7. The van der Waals surface area contributed by atoms with Crippen LogP contribution in [0.15, 0.2) is 48.0 Å². The first-order valence-electron chi connectivity index (χ1n) is 9.79. The maximum atomic E-state index is 12.7. The number of carbonyl (C=O) groups is 3. The van der Waals surface area contributed by atoms with Crippen molar-refractivity contribution in [3.63, 3.8) is 0 Å². The summed E-state index contributed by atoms with van der Waals surface area (Å²) in [4.78, 5) is 37.8. The second kappa shape index (κ2) is 8.63. The molecule has 2 aromatic rings. The lowest BCUT2D eigenvalue weighted by Gasteiger charge is -2.28. The Morgan fingerprint density at radius 2 is 1.68 bits per heavy atom. The van der Waals surface area contributed by atoms with Crippen molar-refractivity contribution in [3.05, 3.63) is 64.7 Å². The van der Waals surface area contributed by atoms with Gasteiger partial charge in [-0.2, -0.15) is 0 Å². The molecule has 0 heterocycles. The van der Waals surface area contributed by atoms with Crippen molar-refractivity contribution < 1.29 is 29.0 Å². The molecular weight excluding hydrogens is 398 g/mol. The van der Waals surface area contributed by atoms with Crippen molar-refractivity contribution in [1.29, 1.82) is 0 Å². The fourth-order valence-electron chi connectivity index (χ4n) is 3.53. The molecule has 3 rings (SSSR count). The molecule has 0 spiro atoms. The van der Waals surface area contributed by atoms with Crippen LogP contribution in [0, 0.1) is 5.41 Å². The summed E-state index contributed by atoms with van der Waals surface area (Å²) >= 11 is 0. The molecule has 0 aliphatic heterocycles. The zero-order valence-electron chi connectivity index (χ0n) is 17.9. The second-order valence-corrected chi connectivity index (χ2v) is 8.12. The van der Waals surface area contributed by atoms with Crippen LogP contribution in [0.25, 0.3) is 5.76 Å². The van der Waals surface area contributed by atoms with Gasteiger partial charge >= 0.3 is 0 Å². The lowest BCUT2D eigenvalue weighted by Crippen LogP contribution is -2.36. The minimum atomic E-state index is -0.718. The third kappa shape index (κ3) is 4.45. The molecule has 2 N–H and O–H groups in total. The number of fused-ring (bicyclic) bond motifs is 1. The van der Waals surface area contributed by atoms with E-state index in [0.29, 0.717) is 22.6 Å². The molecule has 0 saturated carbocycles. The summed E-state index contributed by atoms with van der Waals surface area (Å²) in [5, 5.41) is 13.5. The third-order valence-electron chi connectivity index (χ3n) is 5.23. The summed E-state index contributed by atoms with van der Waals surface area (Å²) < 4.78 is 10.4. The SMILES string of the molecule is COc1ccc(OC)c(C(=O)NCC(C)(C)CC2=C(O)c3ccccc3C(=O)C2=O)c1. The van der Waals surface area contributed by atoms with Gasteiger partial charge in [0.15, 0.2) is 0 Å². The minimum Gasteiger partial charge on any atom is -0.507 e. The van der Waals surface area contributed by atoms with Crippen LogP contribution in [0.3, 0.4) is 0 Å². The molecule has 1 aliphatic rings. The standard InChI is InChI=1S/C24H25NO6/c1-24(2,13-25-23(29)17-11-14(30-3)9-10-19(17)31-4)12-18-20(26)15-7-5-6-8-16(15)21(27)22(18)28/h5-11,26H,12-13H2,1-4H3,(H,25,29). The summed E-state index contributed by atoms with van der Waals surface area (Å²) in [6.07, 6.45) is 0.118. The highest BCUT2D eigenvalue weighted by atomic mass is 16.5. The first kappa shape index (κ1) is 22.1. The Hall–Kier alpha value is -3.61. The van der Waals surface area contributed by atoms with Gasteiger partial charge in [-0.3, -0.25) is 14.4 Å². The molecular formula is C24H25NO6. The Labute approximate surface area is 180 Å². The summed E-state index contributed by atoms with van der Waals surface area (Å²) in [5.41, 5.74) is 0.306. The van der Waals surface area contributed by atoms with Gasteiger partial charge in [0.2, 0.25) is 11.6 Å². The highest BCUT2D eigenvalue weighted by Crippen LogP contribution is 2.34. The molecule has 162 valence electrons. The summed E-state index contributed by atoms with van der Waals surface area (Å²) in [5.74, 6) is -0.978. The van der Waals surface area contributed by atoms with Gasteiger partial charge in [-0.1, -0.05) is 38.1 Å². The lowest BCUT2D eigenvalue weighted by atomic mass is 9.79. The van der Waals surface area contributed by atoms with Crippen molar-refractivity contribution in [2.24, 2.45) is 5.41 Å². The number of amides is 1. The zero-order chi connectivity index (χ0) is 22.8. The van der Waals surface area contributed by atoms with Crippen LogP contribution in [0.4, 0.5) is 0 Å². The van der Waals surface area contributed by atoms with Gasteiger partial charge in [0.05, 0.1) is 19.8 Å². The molecule has 0 bridgehead atoms. The zero-order valence-corrected chi connectivity index (χ0v) is 17.9. The van der Waals surface area contributed by atoms with Gasteiger partial charge in [-0.15, -0.1) is 0 Å². The van der Waals surface area contributed by atoms with E-state index in [1.807, 2.05) is 13.8 Å². The van der Waals surface area contributed by atoms with E-state index in [9.17, 15) is 19.5 Å². The average molecular weight is 423 g/mol. The van der Waals surface area contributed by atoms with Gasteiger partial charge in [0, 0.05) is 23.2 Å². The maximum Gasteiger partial charge on any atom is 0.255 e. The highest BCUT2D eigenvalue weighted by molar-refractivity contribution is 6.52. The van der Waals surface area contributed by atoms with Gasteiger partial charge in [-0.25, -0.2) is 0 Å². The molecule has 0 fully saturated rings. The van der Waals surface area contributed by atoms with Crippen molar-refractivity contribution in [2.75, 3.05) is 20.8 Å². The molecule has 7 heteroatoms. The number of hydrogen-bond acceptors (Lipinski definition) is 6. The Morgan fingerprint density at radius 1 is 1.00 bits per heavy atom. The third-order valence-corrected chi connectivity index (χ3v) is 5.23. The molecule has 2 aromatic carbocycles. The monoisotopic (exact) mass is 423 g/mol. The van der Waals surface area contributed by atoms with Gasteiger partial charge in [0.1, 0.15) is 17.3 Å². The van der Waals surface area contributed by atoms with Crippen LogP contribution in [-0.2, 0) is 4.79 Å². The minimum absolute atomic E-state index is 0.0573. The molecule has 0 saturated heterocycles. The summed E-state index contributed by atoms with van der Waals surface area (Å²) in [7, 11) is 2.98. The number of allylic oxidation sites excluding steroid dienone is 1. The van der Waals surface area contributed by atoms with Crippen LogP contribution >= 0.6 is 0 Å². The normalized spacial score (nSPS) is 13.7. The summed E-state index contributed by atoms with van der Waals surface area (Å²) in [6, 6.07) is 11.4. The number of benzene rings is 2. The Kier molecular flexibility index (Phi) is 6.15. The van der Waals surface area contributed by atoms with E-state index in [1.165, 1.54) is 20.3 Å². The molecule has 0 radical (unpaired) electrons. The predicted molar refractivity (Wildman–Crippen MR) is 116 cm³/mol. The van der Waals surface area contributed by atoms with Gasteiger partial charge < -0.3 is 19.9 Å². The number of aliphatic hydroxyl groups is 1. The molecule has 0 aromatic heterocycles. The van der Waals surface area contributed by atoms with E-state index in [2.05, 4.69) is 5.32 Å². The molecule has 1 amide bonds. The van der Waals surface area contributed by atoms with Crippen LogP contribution < -0.4 is 14.8 Å². The first-order valence-corrected chi connectivity index (χ1v) is 9.79. The number of ether oxygens (including phenoxy) is 2. The molecule has 7 nitrogen and oxygen atoms in total. The number of ketones is 2. The Balaban J connectivity index is 1.79. The average Bonchev–Trinajstić information content (AvgIpc) is 2.78. The molecule has 1 aliphatic carbocycles. The number of nitrogens with one attached hydrogen (secondary N) is 1. The van der Waals surface area contributed by atoms with Crippen molar-refractivity contribution in [2.45, 2.75) is 20.3 Å². The number of carbonyl (C=O) groups excluding carboxylic acids is 3. The highest BCUT2D eigenvalue weighted by Gasteiger charge is 2.35. The smallest absolute Gasteiger partial charge is 0.255 e. The van der Waals surface area contributed by atoms with E-state index in [0.717, 1.165) is 0 Å². The predicted octanol–water partition coefficient (Wildman–Crippen LogP) is 3.58. The Bertz CT molecular complexity index is 1080. The lowest BCUT2D eigenvalue weighted by molar-refractivity contribution is -0.112. The molecule has 0 unspecified atom stereocenters. The van der Waals surface area contributed by atoms with Crippen LogP contribution in [0.2, 0.25) is 0 Å². The van der Waals surface area contributed by atoms with Crippen LogP contribution in [-0.4, -0.2) is 43.3 Å². The topological polar surface area (TPSA) is 102 Å². The number of Topliss-reactive ketones (excluding diaryl/α,β-unsaturated/α-hetero) is 2. The fourth-order valence-corrected chi connectivity index (χ4v) is 3.53. The van der Waals surface area contributed by atoms with E-state index >= 15 is 0 Å².